The number of carbonyl (C=O) groups excluding carboxylic acids is 1. The van der Waals surface area contributed by atoms with E-state index in [-0.39, 0.29) is 17.0 Å². The predicted octanol–water partition coefficient (Wildman–Crippen LogP) is 1.00. The lowest BCUT2D eigenvalue weighted by molar-refractivity contribution is 0.0945. The maximum Gasteiger partial charge on any atom is 0.251 e. The molecule has 1 fully saturated rings. The number of halogens is 1. The molecule has 1 unspecified atom stereocenters. The van der Waals surface area contributed by atoms with Crippen LogP contribution in [-0.4, -0.2) is 20.4 Å². The molecule has 0 radical (unpaired) electrons. The lowest BCUT2D eigenvalue weighted by atomic mass is 10.1. The first-order valence-corrected chi connectivity index (χ1v) is 7.28. The first-order valence-electron chi connectivity index (χ1n) is 5.74. The Balaban J connectivity index is 2.25. The maximum absolute atomic E-state index is 13.3. The third kappa shape index (κ3) is 3.10. The van der Waals surface area contributed by atoms with Crippen molar-refractivity contribution in [2.75, 3.05) is 0 Å². The second-order valence-electron chi connectivity index (χ2n) is 5.44. The van der Waals surface area contributed by atoms with Crippen LogP contribution in [0.15, 0.2) is 23.1 Å². The minimum atomic E-state index is -4.04. The van der Waals surface area contributed by atoms with Crippen LogP contribution in [0.4, 0.5) is 4.39 Å². The molecule has 1 aliphatic rings. The summed E-state index contributed by atoms with van der Waals surface area (Å²) < 4.78 is 35.7. The molecule has 1 aromatic carbocycles. The van der Waals surface area contributed by atoms with Crippen molar-refractivity contribution in [3.8, 4) is 0 Å². The molecule has 19 heavy (non-hydrogen) atoms. The zero-order chi connectivity index (χ0) is 14.4. The van der Waals surface area contributed by atoms with Gasteiger partial charge in [-0.15, -0.1) is 0 Å². The van der Waals surface area contributed by atoms with E-state index in [1.165, 1.54) is 0 Å². The van der Waals surface area contributed by atoms with Crippen molar-refractivity contribution in [3.05, 3.63) is 29.6 Å². The van der Waals surface area contributed by atoms with E-state index in [0.29, 0.717) is 0 Å². The molecule has 1 amide bonds. The fourth-order valence-electron chi connectivity index (χ4n) is 1.81. The highest BCUT2D eigenvalue weighted by molar-refractivity contribution is 7.89. The Kier molecular flexibility index (Phi) is 3.14. The predicted molar refractivity (Wildman–Crippen MR) is 67.4 cm³/mol. The summed E-state index contributed by atoms with van der Waals surface area (Å²) in [6.45, 7) is 4.00. The van der Waals surface area contributed by atoms with Crippen molar-refractivity contribution in [2.45, 2.75) is 31.2 Å². The van der Waals surface area contributed by atoms with Gasteiger partial charge in [0.15, 0.2) is 0 Å². The summed E-state index contributed by atoms with van der Waals surface area (Å²) in [5.41, 5.74) is -0.0158. The quantitative estimate of drug-likeness (QED) is 0.868. The minimum absolute atomic E-state index is 0.0289. The maximum atomic E-state index is 13.3. The molecule has 1 saturated carbocycles. The van der Waals surface area contributed by atoms with Gasteiger partial charge in [-0.2, -0.15) is 0 Å². The molecule has 104 valence electrons. The SMILES string of the molecule is CC1(C)CC1NC(=O)c1cc(F)cc(S(N)(=O)=O)c1. The molecule has 1 aliphatic carbocycles. The average molecular weight is 286 g/mol. The summed E-state index contributed by atoms with van der Waals surface area (Å²) in [7, 11) is -4.04. The van der Waals surface area contributed by atoms with Crippen molar-refractivity contribution in [3.63, 3.8) is 0 Å². The number of nitrogens with one attached hydrogen (secondary N) is 1. The van der Waals surface area contributed by atoms with Crippen LogP contribution in [0.1, 0.15) is 30.6 Å². The van der Waals surface area contributed by atoms with Crippen LogP contribution in [0, 0.1) is 11.2 Å². The Morgan fingerprint density at radius 2 is 2.00 bits per heavy atom. The van der Waals surface area contributed by atoms with Crippen LogP contribution in [0.3, 0.4) is 0 Å². The zero-order valence-electron chi connectivity index (χ0n) is 10.6. The van der Waals surface area contributed by atoms with Crippen molar-refractivity contribution in [2.24, 2.45) is 10.6 Å². The standard InChI is InChI=1S/C12H15FN2O3S/c1-12(2)6-10(12)15-11(16)7-3-8(13)5-9(4-7)19(14,17)18/h3-5,10H,6H2,1-2H3,(H,15,16)(H2,14,17,18). The van der Waals surface area contributed by atoms with E-state index in [4.69, 9.17) is 5.14 Å². The Morgan fingerprint density at radius 1 is 1.42 bits per heavy atom. The van der Waals surface area contributed by atoms with Gasteiger partial charge in [-0.1, -0.05) is 13.8 Å². The fraction of sp³-hybridized carbons (Fsp3) is 0.417. The molecule has 7 heteroatoms. The van der Waals surface area contributed by atoms with Gasteiger partial charge >= 0.3 is 0 Å². The summed E-state index contributed by atoms with van der Waals surface area (Å²) in [6, 6.07) is 2.87. The molecule has 0 spiro atoms. The number of rotatable bonds is 3. The smallest absolute Gasteiger partial charge is 0.251 e. The van der Waals surface area contributed by atoms with Crippen LogP contribution < -0.4 is 10.5 Å². The number of sulfonamides is 1. The number of hydrogen-bond donors (Lipinski definition) is 2. The lowest BCUT2D eigenvalue weighted by Crippen LogP contribution is -2.28. The number of carbonyl (C=O) groups is 1. The number of benzene rings is 1. The van der Waals surface area contributed by atoms with Crippen molar-refractivity contribution in [1.29, 1.82) is 0 Å². The normalized spacial score (nSPS) is 20.9. The minimum Gasteiger partial charge on any atom is -0.349 e. The summed E-state index contributed by atoms with van der Waals surface area (Å²) in [5.74, 6) is -1.31. The average Bonchev–Trinajstić information content (AvgIpc) is 2.83. The third-order valence-electron chi connectivity index (χ3n) is 3.28. The highest BCUT2D eigenvalue weighted by atomic mass is 32.2. The molecule has 0 aromatic heterocycles. The zero-order valence-corrected chi connectivity index (χ0v) is 11.4. The largest absolute Gasteiger partial charge is 0.349 e. The monoisotopic (exact) mass is 286 g/mol. The van der Waals surface area contributed by atoms with Crippen molar-refractivity contribution >= 4 is 15.9 Å². The Labute approximate surface area is 111 Å². The summed E-state index contributed by atoms with van der Waals surface area (Å²) in [6.07, 6.45) is 0.843. The summed E-state index contributed by atoms with van der Waals surface area (Å²) in [5, 5.41) is 7.65. The Bertz CT molecular complexity index is 640. The van der Waals surface area contributed by atoms with Gasteiger partial charge in [0.05, 0.1) is 4.90 Å². The van der Waals surface area contributed by atoms with E-state index in [0.717, 1.165) is 24.6 Å². The molecule has 3 N–H and O–H groups in total. The molecule has 0 bridgehead atoms. The van der Waals surface area contributed by atoms with Gasteiger partial charge in [0, 0.05) is 11.6 Å². The number of nitrogens with two attached hydrogens (primary N) is 1. The third-order valence-corrected chi connectivity index (χ3v) is 4.17. The molecule has 2 rings (SSSR count). The van der Waals surface area contributed by atoms with E-state index < -0.39 is 26.6 Å². The molecule has 0 saturated heterocycles. The fourth-order valence-corrected chi connectivity index (χ4v) is 2.38. The first-order chi connectivity index (χ1) is 8.59. The molecule has 1 atom stereocenters. The van der Waals surface area contributed by atoms with Crippen molar-refractivity contribution in [1.82, 2.24) is 5.32 Å². The summed E-state index contributed by atoms with van der Waals surface area (Å²) >= 11 is 0. The van der Waals surface area contributed by atoms with Gasteiger partial charge in [0.1, 0.15) is 5.82 Å². The van der Waals surface area contributed by atoms with E-state index in [2.05, 4.69) is 5.32 Å². The first kappa shape index (κ1) is 14.0. The topological polar surface area (TPSA) is 89.3 Å². The molecule has 0 heterocycles. The summed E-state index contributed by atoms with van der Waals surface area (Å²) in [4.78, 5) is 11.5. The van der Waals surface area contributed by atoms with Crippen molar-refractivity contribution < 1.29 is 17.6 Å². The van der Waals surface area contributed by atoms with Crippen LogP contribution in [0.2, 0.25) is 0 Å². The molecular weight excluding hydrogens is 271 g/mol. The van der Waals surface area contributed by atoms with Gasteiger partial charge in [0.2, 0.25) is 10.0 Å². The van der Waals surface area contributed by atoms with E-state index in [1.807, 2.05) is 13.8 Å². The Hall–Kier alpha value is -1.47. The second-order valence-corrected chi connectivity index (χ2v) is 7.00. The molecule has 0 aliphatic heterocycles. The van der Waals surface area contributed by atoms with Gasteiger partial charge < -0.3 is 5.32 Å². The van der Waals surface area contributed by atoms with E-state index in [1.54, 1.807) is 0 Å². The number of amides is 1. The molecule has 1 aromatic rings. The van der Waals surface area contributed by atoms with Gasteiger partial charge in [0.25, 0.3) is 5.91 Å². The molecular formula is C12H15FN2O3S. The van der Waals surface area contributed by atoms with Crippen LogP contribution in [0.25, 0.3) is 0 Å². The lowest BCUT2D eigenvalue weighted by Gasteiger charge is -2.08. The van der Waals surface area contributed by atoms with Crippen LogP contribution >= 0.6 is 0 Å². The van der Waals surface area contributed by atoms with E-state index >= 15 is 0 Å². The van der Waals surface area contributed by atoms with Gasteiger partial charge in [-0.3, -0.25) is 4.79 Å². The Morgan fingerprint density at radius 3 is 2.47 bits per heavy atom. The van der Waals surface area contributed by atoms with E-state index in [9.17, 15) is 17.6 Å². The second kappa shape index (κ2) is 4.28. The van der Waals surface area contributed by atoms with Crippen LogP contribution in [0.5, 0.6) is 0 Å². The number of primary sulfonamides is 1. The number of hydrogen-bond acceptors (Lipinski definition) is 3. The molecule has 5 nitrogen and oxygen atoms in total. The highest BCUT2D eigenvalue weighted by Crippen LogP contribution is 2.44. The van der Waals surface area contributed by atoms with Crippen LogP contribution in [-0.2, 0) is 10.0 Å². The van der Waals surface area contributed by atoms with Gasteiger partial charge in [-0.25, -0.2) is 17.9 Å². The highest BCUT2D eigenvalue weighted by Gasteiger charge is 2.46. The van der Waals surface area contributed by atoms with Gasteiger partial charge in [-0.05, 0) is 30.0 Å².